The van der Waals surface area contributed by atoms with Gasteiger partial charge in [0.05, 0.1) is 17.1 Å². The van der Waals surface area contributed by atoms with Crippen molar-refractivity contribution in [3.8, 4) is 0 Å². The molecule has 0 spiro atoms. The van der Waals surface area contributed by atoms with E-state index in [1.54, 1.807) is 24.8 Å². The number of nitro groups is 1. The first-order chi connectivity index (χ1) is 16.9. The number of nitrogens with zero attached hydrogens (tertiary/aromatic N) is 3. The van der Waals surface area contributed by atoms with E-state index in [-0.39, 0.29) is 42.7 Å². The number of piperazine rings is 1. The van der Waals surface area contributed by atoms with Crippen LogP contribution in [0.15, 0.2) is 47.4 Å². The standard InChI is InChI=1S/C23H24F3N3O6S/c1-3-35-21(30)14-36(34)20-8-7-16(11-19(20)29(32)33)22(31)27-9-10-28(15(2)13-27)18-6-4-5-17(12-18)23(24,25)26/h4-8,11-12,15H,3,9-10,13-14H2,1-2H3/t15-,36?/m0/s1. The third-order valence-corrected chi connectivity index (χ3v) is 6.96. The monoisotopic (exact) mass is 527 g/mol. The smallest absolute Gasteiger partial charge is 0.416 e. The molecule has 1 unspecified atom stereocenters. The molecule has 3 rings (SSSR count). The van der Waals surface area contributed by atoms with E-state index < -0.39 is 51.2 Å². The summed E-state index contributed by atoms with van der Waals surface area (Å²) in [5.41, 5.74) is -0.940. The molecule has 194 valence electrons. The van der Waals surface area contributed by atoms with Crippen LogP contribution in [-0.4, -0.2) is 64.3 Å². The Kier molecular flexibility index (Phi) is 8.46. The van der Waals surface area contributed by atoms with Crippen LogP contribution < -0.4 is 4.90 Å². The Morgan fingerprint density at radius 2 is 1.92 bits per heavy atom. The molecule has 1 aliphatic heterocycles. The number of alkyl halides is 3. The normalized spacial score (nSPS) is 17.0. The van der Waals surface area contributed by atoms with Crippen molar-refractivity contribution < 1.29 is 37.0 Å². The number of carbonyl (C=O) groups excluding carboxylic acids is 2. The molecule has 9 nitrogen and oxygen atoms in total. The molecule has 1 aliphatic rings. The maximum Gasteiger partial charge on any atom is 0.416 e. The lowest BCUT2D eigenvalue weighted by Crippen LogP contribution is -2.53. The second kappa shape index (κ2) is 11.2. The summed E-state index contributed by atoms with van der Waals surface area (Å²) >= 11 is -2.04. The lowest BCUT2D eigenvalue weighted by Gasteiger charge is -2.41. The molecule has 2 atom stereocenters. The molecule has 0 N–H and O–H groups in total. The van der Waals surface area contributed by atoms with Crippen molar-refractivity contribution in [1.82, 2.24) is 4.90 Å². The highest BCUT2D eigenvalue weighted by molar-refractivity contribution is 7.92. The van der Waals surface area contributed by atoms with E-state index >= 15 is 0 Å². The number of anilines is 1. The number of ether oxygens (including phenoxy) is 1. The highest BCUT2D eigenvalue weighted by atomic mass is 32.2. The molecule has 0 saturated carbocycles. The van der Waals surface area contributed by atoms with Crippen LogP contribution in [-0.2, 0) is 26.9 Å². The van der Waals surface area contributed by atoms with Crippen LogP contribution >= 0.6 is 0 Å². The van der Waals surface area contributed by atoms with Crippen LogP contribution in [0.4, 0.5) is 24.5 Å². The maximum absolute atomic E-state index is 13.1. The van der Waals surface area contributed by atoms with Crippen molar-refractivity contribution in [2.75, 3.05) is 36.9 Å². The largest absolute Gasteiger partial charge is 0.611 e. The zero-order valence-corrected chi connectivity index (χ0v) is 20.3. The quantitative estimate of drug-likeness (QED) is 0.234. The Hall–Kier alpha value is -3.32. The summed E-state index contributed by atoms with van der Waals surface area (Å²) in [6, 6.07) is 8.14. The van der Waals surface area contributed by atoms with Gasteiger partial charge in [0.2, 0.25) is 10.6 Å². The van der Waals surface area contributed by atoms with Crippen molar-refractivity contribution in [3.63, 3.8) is 0 Å². The minimum Gasteiger partial charge on any atom is -0.611 e. The molecule has 1 amide bonds. The van der Waals surface area contributed by atoms with E-state index in [1.165, 1.54) is 23.1 Å². The molecule has 0 aromatic heterocycles. The van der Waals surface area contributed by atoms with Crippen LogP contribution in [0, 0.1) is 10.1 Å². The number of hydrogen-bond donors (Lipinski definition) is 0. The Balaban J connectivity index is 1.75. The predicted octanol–water partition coefficient (Wildman–Crippen LogP) is 3.64. The summed E-state index contributed by atoms with van der Waals surface area (Å²) < 4.78 is 56.5. The van der Waals surface area contributed by atoms with Gasteiger partial charge in [0.25, 0.3) is 5.91 Å². The van der Waals surface area contributed by atoms with Crippen LogP contribution in [0.2, 0.25) is 0 Å². The average molecular weight is 528 g/mol. The molecular formula is C23H24F3N3O6S. The van der Waals surface area contributed by atoms with Crippen molar-refractivity contribution in [3.05, 3.63) is 63.7 Å². The first-order valence-electron chi connectivity index (χ1n) is 11.0. The Labute approximate surface area is 208 Å². The zero-order chi connectivity index (χ0) is 26.6. The topological polar surface area (TPSA) is 116 Å². The summed E-state index contributed by atoms with van der Waals surface area (Å²) in [5.74, 6) is -1.83. The van der Waals surface area contributed by atoms with Crippen LogP contribution in [0.25, 0.3) is 0 Å². The van der Waals surface area contributed by atoms with Gasteiger partial charge < -0.3 is 19.1 Å². The van der Waals surface area contributed by atoms with Gasteiger partial charge in [-0.15, -0.1) is 0 Å². The van der Waals surface area contributed by atoms with Gasteiger partial charge in [-0.2, -0.15) is 13.2 Å². The van der Waals surface area contributed by atoms with Crippen LogP contribution in [0.3, 0.4) is 0 Å². The molecule has 1 fully saturated rings. The number of amides is 1. The fourth-order valence-corrected chi connectivity index (χ4v) is 4.98. The summed E-state index contributed by atoms with van der Waals surface area (Å²) in [5, 5.41) is 11.6. The first-order valence-corrected chi connectivity index (χ1v) is 12.3. The number of hydrogen-bond acceptors (Lipinski definition) is 7. The van der Waals surface area contributed by atoms with Crippen molar-refractivity contribution in [2.24, 2.45) is 0 Å². The number of halogens is 3. The third-order valence-electron chi connectivity index (χ3n) is 5.62. The van der Waals surface area contributed by atoms with Gasteiger partial charge in [-0.1, -0.05) is 6.07 Å². The first kappa shape index (κ1) is 27.3. The van der Waals surface area contributed by atoms with E-state index in [1.807, 2.05) is 0 Å². The fourth-order valence-electron chi connectivity index (χ4n) is 3.94. The molecule has 13 heteroatoms. The van der Waals surface area contributed by atoms with Gasteiger partial charge >= 0.3 is 17.8 Å². The lowest BCUT2D eigenvalue weighted by molar-refractivity contribution is -0.387. The Morgan fingerprint density at radius 3 is 2.53 bits per heavy atom. The average Bonchev–Trinajstić information content (AvgIpc) is 2.82. The fraction of sp³-hybridized carbons (Fsp3) is 0.391. The van der Waals surface area contributed by atoms with E-state index in [0.29, 0.717) is 5.69 Å². The SMILES string of the molecule is CCOC(=O)C[S+]([O-])c1ccc(C(=O)N2CCN(c3cccc(C(F)(F)F)c3)[C@@H](C)C2)cc1[N+](=O)[O-]. The second-order valence-corrected chi connectivity index (χ2v) is 9.50. The van der Waals surface area contributed by atoms with Gasteiger partial charge in [0.1, 0.15) is 0 Å². The summed E-state index contributed by atoms with van der Waals surface area (Å²) in [7, 11) is 0. The van der Waals surface area contributed by atoms with E-state index in [9.17, 15) is 37.4 Å². The highest BCUT2D eigenvalue weighted by Gasteiger charge is 2.34. The van der Waals surface area contributed by atoms with Gasteiger partial charge in [-0.25, -0.2) is 4.79 Å². The molecule has 1 heterocycles. The third kappa shape index (κ3) is 6.26. The van der Waals surface area contributed by atoms with Crippen LogP contribution in [0.5, 0.6) is 0 Å². The molecule has 0 aliphatic carbocycles. The number of carbonyl (C=O) groups is 2. The zero-order valence-electron chi connectivity index (χ0n) is 19.5. The Morgan fingerprint density at radius 1 is 1.19 bits per heavy atom. The van der Waals surface area contributed by atoms with Crippen molar-refractivity contribution >= 4 is 34.4 Å². The molecule has 2 aromatic rings. The van der Waals surface area contributed by atoms with E-state index in [4.69, 9.17) is 4.74 Å². The molecule has 0 radical (unpaired) electrons. The molecular weight excluding hydrogens is 503 g/mol. The molecule has 36 heavy (non-hydrogen) atoms. The van der Waals surface area contributed by atoms with Gasteiger partial charge in [0.15, 0.2) is 0 Å². The minimum absolute atomic E-state index is 0.00157. The van der Waals surface area contributed by atoms with Gasteiger partial charge in [-0.05, 0) is 38.1 Å². The lowest BCUT2D eigenvalue weighted by atomic mass is 10.1. The van der Waals surface area contributed by atoms with E-state index in [2.05, 4.69) is 0 Å². The number of benzene rings is 2. The number of nitro benzene ring substituents is 1. The van der Waals surface area contributed by atoms with E-state index in [0.717, 1.165) is 18.2 Å². The van der Waals surface area contributed by atoms with Gasteiger partial charge in [0, 0.05) is 60.2 Å². The number of rotatable bonds is 7. The second-order valence-electron chi connectivity index (χ2n) is 8.08. The summed E-state index contributed by atoms with van der Waals surface area (Å²) in [6.45, 7) is 4.04. The van der Waals surface area contributed by atoms with Gasteiger partial charge in [-0.3, -0.25) is 14.9 Å². The highest BCUT2D eigenvalue weighted by Crippen LogP contribution is 2.33. The predicted molar refractivity (Wildman–Crippen MR) is 125 cm³/mol. The van der Waals surface area contributed by atoms with Crippen molar-refractivity contribution in [1.29, 1.82) is 0 Å². The minimum atomic E-state index is -4.47. The maximum atomic E-state index is 13.1. The van der Waals surface area contributed by atoms with Crippen LogP contribution in [0.1, 0.15) is 29.8 Å². The molecule has 2 aromatic carbocycles. The summed E-state index contributed by atoms with van der Waals surface area (Å²) in [4.78, 5) is 38.5. The molecule has 1 saturated heterocycles. The molecule has 0 bridgehead atoms. The Bertz CT molecular complexity index is 1150. The number of esters is 1. The summed E-state index contributed by atoms with van der Waals surface area (Å²) in [6.07, 6.45) is -4.47. The van der Waals surface area contributed by atoms with Crippen molar-refractivity contribution in [2.45, 2.75) is 31.0 Å².